The number of Topliss-reactive ketones (excluding diaryl/α,β-unsaturated/α-hetero) is 1. The van der Waals surface area contributed by atoms with Gasteiger partial charge in [0.25, 0.3) is 0 Å². The first-order valence-corrected chi connectivity index (χ1v) is 13.2. The Bertz CT molecular complexity index is 1440. The number of carbonyl (C=O) groups is 3. The maximum Gasteiger partial charge on any atom is 0.240 e. The van der Waals surface area contributed by atoms with Crippen LogP contribution in [0.1, 0.15) is 47.3 Å². The van der Waals surface area contributed by atoms with Crippen molar-refractivity contribution < 1.29 is 19.1 Å². The Labute approximate surface area is 225 Å². The third kappa shape index (κ3) is 3.89. The third-order valence-electron chi connectivity index (χ3n) is 7.55. The van der Waals surface area contributed by atoms with E-state index in [1.807, 2.05) is 24.3 Å². The molecule has 192 valence electrons. The monoisotopic (exact) mass is 527 g/mol. The molecule has 0 aliphatic carbocycles. The summed E-state index contributed by atoms with van der Waals surface area (Å²) in [6, 6.07) is 19.8. The fraction of sp³-hybridized carbons (Fsp3) is 0.267. The van der Waals surface area contributed by atoms with Crippen LogP contribution in [-0.4, -0.2) is 41.5 Å². The van der Waals surface area contributed by atoms with Crippen LogP contribution in [0, 0.1) is 11.8 Å². The number of amides is 2. The zero-order valence-corrected chi connectivity index (χ0v) is 21.5. The number of fused-ring (bicyclic) bond motifs is 5. The number of hydrazone groups is 1. The molecule has 4 atom stereocenters. The number of halogens is 1. The highest BCUT2D eigenvalue weighted by molar-refractivity contribution is 6.30. The van der Waals surface area contributed by atoms with Gasteiger partial charge in [0.05, 0.1) is 36.4 Å². The highest BCUT2D eigenvalue weighted by Crippen LogP contribution is 2.53. The van der Waals surface area contributed by atoms with Gasteiger partial charge in [-0.15, -0.1) is 0 Å². The quantitative estimate of drug-likeness (QED) is 0.237. The number of imide groups is 1. The topological polar surface area (TPSA) is 79.3 Å². The molecule has 38 heavy (non-hydrogen) atoms. The van der Waals surface area contributed by atoms with Crippen molar-refractivity contribution in [1.82, 2.24) is 5.01 Å². The molecule has 0 saturated carbocycles. The van der Waals surface area contributed by atoms with Crippen molar-refractivity contribution in [2.24, 2.45) is 16.9 Å². The molecule has 3 heterocycles. The average molecular weight is 528 g/mol. The number of hydrogen-bond acceptors (Lipinski definition) is 6. The van der Waals surface area contributed by atoms with Gasteiger partial charge in [-0.25, -0.2) is 4.90 Å². The number of unbranched alkanes of at least 4 members (excludes halogenated alkanes) is 1. The first-order valence-electron chi connectivity index (χ1n) is 12.8. The van der Waals surface area contributed by atoms with Gasteiger partial charge in [0, 0.05) is 10.6 Å². The molecule has 3 aromatic carbocycles. The summed E-state index contributed by atoms with van der Waals surface area (Å²) in [6.07, 6.45) is 3.66. The lowest BCUT2D eigenvalue weighted by molar-refractivity contribution is -0.124. The molecule has 0 bridgehead atoms. The van der Waals surface area contributed by atoms with Crippen LogP contribution in [0.15, 0.2) is 77.9 Å². The average Bonchev–Trinajstić information content (AvgIpc) is 3.41. The Kier molecular flexibility index (Phi) is 6.24. The lowest BCUT2D eigenvalue weighted by Gasteiger charge is -2.33. The Morgan fingerprint density at radius 3 is 2.39 bits per heavy atom. The number of ether oxygens (including phenoxy) is 1. The molecule has 0 unspecified atom stereocenters. The molecule has 2 fully saturated rings. The lowest BCUT2D eigenvalue weighted by Crippen LogP contribution is -2.44. The number of benzene rings is 3. The van der Waals surface area contributed by atoms with Crippen molar-refractivity contribution >= 4 is 41.1 Å². The normalized spacial score (nSPS) is 23.3. The van der Waals surface area contributed by atoms with Crippen molar-refractivity contribution in [2.75, 3.05) is 11.5 Å². The molecule has 3 aliphatic heterocycles. The van der Waals surface area contributed by atoms with Gasteiger partial charge < -0.3 is 4.74 Å². The minimum atomic E-state index is -0.922. The molecule has 2 saturated heterocycles. The van der Waals surface area contributed by atoms with E-state index < -0.39 is 29.8 Å². The highest BCUT2D eigenvalue weighted by Gasteiger charge is 2.65. The van der Waals surface area contributed by atoms with Crippen molar-refractivity contribution in [3.63, 3.8) is 0 Å². The summed E-state index contributed by atoms with van der Waals surface area (Å²) in [5.74, 6) is -1.93. The van der Waals surface area contributed by atoms with Gasteiger partial charge in [-0.1, -0.05) is 49.2 Å². The van der Waals surface area contributed by atoms with Crippen LogP contribution in [-0.2, 0) is 9.59 Å². The lowest BCUT2D eigenvalue weighted by atomic mass is 9.83. The smallest absolute Gasteiger partial charge is 0.240 e. The molecule has 6 rings (SSSR count). The number of carbonyl (C=O) groups excluding carboxylic acids is 3. The second-order valence-electron chi connectivity index (χ2n) is 9.77. The van der Waals surface area contributed by atoms with Crippen LogP contribution in [0.3, 0.4) is 0 Å². The summed E-state index contributed by atoms with van der Waals surface area (Å²) >= 11 is 6.05. The van der Waals surface area contributed by atoms with Crippen LogP contribution < -0.4 is 9.64 Å². The summed E-state index contributed by atoms with van der Waals surface area (Å²) in [5.41, 5.74) is 2.64. The summed E-state index contributed by atoms with van der Waals surface area (Å²) in [5, 5.41) is 6.76. The van der Waals surface area contributed by atoms with E-state index >= 15 is 0 Å². The number of anilines is 1. The Balaban J connectivity index is 1.39. The maximum absolute atomic E-state index is 14.0. The highest BCUT2D eigenvalue weighted by atomic mass is 35.5. The summed E-state index contributed by atoms with van der Waals surface area (Å²) in [6.45, 7) is 2.70. The molecule has 0 spiro atoms. The van der Waals surface area contributed by atoms with Crippen LogP contribution in [0.5, 0.6) is 5.75 Å². The number of ketones is 1. The van der Waals surface area contributed by atoms with E-state index in [4.69, 9.17) is 16.3 Å². The fourth-order valence-corrected chi connectivity index (χ4v) is 5.86. The Morgan fingerprint density at radius 2 is 1.66 bits per heavy atom. The molecule has 0 N–H and O–H groups in total. The summed E-state index contributed by atoms with van der Waals surface area (Å²) in [4.78, 5) is 43.0. The van der Waals surface area contributed by atoms with Crippen molar-refractivity contribution in [1.29, 1.82) is 0 Å². The van der Waals surface area contributed by atoms with E-state index in [-0.39, 0.29) is 11.7 Å². The number of nitrogens with zero attached hydrogens (tertiary/aromatic N) is 3. The summed E-state index contributed by atoms with van der Waals surface area (Å²) < 4.78 is 5.74. The molecule has 3 aliphatic rings. The van der Waals surface area contributed by atoms with Gasteiger partial charge in [0.2, 0.25) is 11.8 Å². The number of rotatable bonds is 7. The van der Waals surface area contributed by atoms with E-state index in [1.54, 1.807) is 59.8 Å². The van der Waals surface area contributed by atoms with Crippen molar-refractivity contribution in [3.8, 4) is 5.75 Å². The predicted octanol–water partition coefficient (Wildman–Crippen LogP) is 5.28. The van der Waals surface area contributed by atoms with Crippen LogP contribution >= 0.6 is 11.6 Å². The van der Waals surface area contributed by atoms with E-state index in [9.17, 15) is 14.4 Å². The van der Waals surface area contributed by atoms with E-state index in [0.717, 1.165) is 24.0 Å². The van der Waals surface area contributed by atoms with E-state index in [1.165, 1.54) is 4.90 Å². The van der Waals surface area contributed by atoms with Gasteiger partial charge in [-0.05, 0) is 66.1 Å². The Morgan fingerprint density at radius 1 is 0.947 bits per heavy atom. The zero-order valence-electron chi connectivity index (χ0n) is 20.8. The van der Waals surface area contributed by atoms with Crippen molar-refractivity contribution in [2.45, 2.75) is 31.8 Å². The van der Waals surface area contributed by atoms with Crippen LogP contribution in [0.4, 0.5) is 5.69 Å². The number of hydrogen-bond donors (Lipinski definition) is 0. The Hall–Kier alpha value is -3.97. The minimum absolute atomic E-state index is 0.265. The molecule has 0 aromatic heterocycles. The summed E-state index contributed by atoms with van der Waals surface area (Å²) in [7, 11) is 0. The molecule has 7 nitrogen and oxygen atoms in total. The molecule has 2 amide bonds. The second kappa shape index (κ2) is 9.72. The van der Waals surface area contributed by atoms with E-state index in [0.29, 0.717) is 28.6 Å². The minimum Gasteiger partial charge on any atom is -0.494 e. The second-order valence-corrected chi connectivity index (χ2v) is 10.2. The third-order valence-corrected chi connectivity index (χ3v) is 7.80. The van der Waals surface area contributed by atoms with Crippen LogP contribution in [0.2, 0.25) is 5.02 Å². The van der Waals surface area contributed by atoms with Crippen molar-refractivity contribution in [3.05, 3.63) is 94.5 Å². The first-order chi connectivity index (χ1) is 18.5. The molecular formula is C30H26ClN3O4. The van der Waals surface area contributed by atoms with Gasteiger partial charge in [0.1, 0.15) is 11.8 Å². The zero-order chi connectivity index (χ0) is 26.4. The maximum atomic E-state index is 14.0. The fourth-order valence-electron chi connectivity index (χ4n) is 5.73. The predicted molar refractivity (Wildman–Crippen MR) is 145 cm³/mol. The first kappa shape index (κ1) is 24.4. The molecule has 8 heteroatoms. The largest absolute Gasteiger partial charge is 0.494 e. The molecule has 0 radical (unpaired) electrons. The molecule has 3 aromatic rings. The van der Waals surface area contributed by atoms with Gasteiger partial charge >= 0.3 is 0 Å². The standard InChI is InChI=1S/C30H26ClN3O4/c1-2-3-16-38-22-14-12-21(13-15-22)33-29(36)24-25(30(33)37)27(28(35)18-8-10-20(31)11-9-18)34-26(24)23-7-5-4-6-19(23)17-32-34/h4-15,17,24-27H,2-3,16H2,1H3/t24-,25+,26-,27-/m0/s1. The van der Waals surface area contributed by atoms with Crippen LogP contribution in [0.25, 0.3) is 0 Å². The SMILES string of the molecule is CCCCOc1ccc(N2C(=O)[C@@H]3[C@H](C2=O)[C@@H]2c4ccccc4C=NN2[C@@H]3C(=O)c2ccc(Cl)cc2)cc1. The van der Waals surface area contributed by atoms with Gasteiger partial charge in [-0.2, -0.15) is 5.10 Å². The van der Waals surface area contributed by atoms with E-state index in [2.05, 4.69) is 12.0 Å². The van der Waals surface area contributed by atoms with Gasteiger partial charge in [-0.3, -0.25) is 19.4 Å². The molecular weight excluding hydrogens is 502 g/mol. The van der Waals surface area contributed by atoms with Gasteiger partial charge in [0.15, 0.2) is 5.78 Å².